The minimum absolute atomic E-state index is 0.101. The van der Waals surface area contributed by atoms with Crippen LogP contribution in [0.5, 0.6) is 0 Å². The van der Waals surface area contributed by atoms with E-state index in [0.29, 0.717) is 11.4 Å². The highest BCUT2D eigenvalue weighted by Crippen LogP contribution is 2.37. The number of hydrogen-bond donors (Lipinski definition) is 2. The Morgan fingerprint density at radius 3 is 2.25 bits per heavy atom. The first-order valence-corrected chi connectivity index (χ1v) is 10.3. The molecule has 6 nitrogen and oxygen atoms in total. The van der Waals surface area contributed by atoms with E-state index >= 15 is 0 Å². The molecule has 0 amide bonds. The van der Waals surface area contributed by atoms with Crippen LogP contribution in [0.15, 0.2) is 64.4 Å². The molecular formula is C17H15F3N4O2S2. The molecule has 0 radical (unpaired) electrons. The van der Waals surface area contributed by atoms with Crippen molar-refractivity contribution in [2.45, 2.75) is 28.3 Å². The number of aryl methyl sites for hydroxylation is 1. The van der Waals surface area contributed by atoms with Gasteiger partial charge in [0.25, 0.3) is 0 Å². The van der Waals surface area contributed by atoms with E-state index in [4.69, 9.17) is 0 Å². The van der Waals surface area contributed by atoms with Crippen LogP contribution in [0.4, 0.5) is 13.2 Å². The number of alkyl halides is 3. The van der Waals surface area contributed by atoms with Gasteiger partial charge in [-0.25, -0.2) is 13.4 Å². The summed E-state index contributed by atoms with van der Waals surface area (Å²) in [6, 6.07) is 12.4. The lowest BCUT2D eigenvalue weighted by molar-refractivity contribution is -0.0328. The number of H-pyrrole nitrogens is 1. The molecule has 3 rings (SSSR count). The first-order valence-electron chi connectivity index (χ1n) is 7.96. The largest absolute Gasteiger partial charge is 0.446 e. The van der Waals surface area contributed by atoms with Crippen LogP contribution < -0.4 is 4.72 Å². The molecule has 1 aromatic heterocycles. The number of hydrogen-bond acceptors (Lipinski definition) is 5. The predicted molar refractivity (Wildman–Crippen MR) is 98.1 cm³/mol. The van der Waals surface area contributed by atoms with Crippen LogP contribution >= 0.6 is 11.8 Å². The van der Waals surface area contributed by atoms with E-state index in [0.717, 1.165) is 24.3 Å². The summed E-state index contributed by atoms with van der Waals surface area (Å²) in [5.74, 6) is 0.750. The number of nitrogens with zero attached hydrogens (tertiary/aromatic N) is 2. The maximum atomic E-state index is 12.8. The molecule has 3 aromatic rings. The lowest BCUT2D eigenvalue weighted by Crippen LogP contribution is -2.30. The third-order valence-electron chi connectivity index (χ3n) is 3.65. The zero-order valence-electron chi connectivity index (χ0n) is 14.4. The zero-order valence-corrected chi connectivity index (χ0v) is 16.1. The second kappa shape index (κ2) is 7.94. The lowest BCUT2D eigenvalue weighted by atomic mass is 10.1. The number of thioether (sulfide) groups is 1. The fraction of sp³-hybridized carbons (Fsp3) is 0.176. The summed E-state index contributed by atoms with van der Waals surface area (Å²) in [5, 5.41) is 6.70. The fourth-order valence-corrected chi connectivity index (χ4v) is 4.17. The van der Waals surface area contributed by atoms with E-state index in [1.165, 1.54) is 0 Å². The maximum Gasteiger partial charge on any atom is 0.446 e. The molecular weight excluding hydrogens is 413 g/mol. The van der Waals surface area contributed by atoms with E-state index in [1.54, 1.807) is 37.3 Å². The predicted octanol–water partition coefficient (Wildman–Crippen LogP) is 3.79. The van der Waals surface area contributed by atoms with Gasteiger partial charge in [-0.1, -0.05) is 30.3 Å². The molecule has 2 N–H and O–H groups in total. The molecule has 2 aromatic carbocycles. The second-order valence-electron chi connectivity index (χ2n) is 5.76. The summed E-state index contributed by atoms with van der Waals surface area (Å²) >= 11 is -0.309. The molecule has 0 aliphatic heterocycles. The van der Waals surface area contributed by atoms with Crippen LogP contribution in [-0.2, 0) is 10.0 Å². The van der Waals surface area contributed by atoms with E-state index in [-0.39, 0.29) is 27.4 Å². The summed E-state index contributed by atoms with van der Waals surface area (Å²) in [5.41, 5.74) is -3.82. The van der Waals surface area contributed by atoms with Crippen LogP contribution in [0.1, 0.15) is 23.3 Å². The Balaban J connectivity index is 1.89. The molecule has 148 valence electrons. The average Bonchev–Trinajstić information content (AvgIpc) is 3.06. The molecule has 0 aliphatic carbocycles. The van der Waals surface area contributed by atoms with Crippen molar-refractivity contribution >= 4 is 21.8 Å². The number of halogens is 3. The molecule has 0 saturated carbocycles. The number of benzene rings is 2. The summed E-state index contributed by atoms with van der Waals surface area (Å²) in [4.78, 5) is 3.94. The zero-order chi connectivity index (χ0) is 20.4. The van der Waals surface area contributed by atoms with Gasteiger partial charge in [0, 0.05) is 4.90 Å². The van der Waals surface area contributed by atoms with Crippen molar-refractivity contribution in [3.05, 3.63) is 71.8 Å². The van der Waals surface area contributed by atoms with E-state index in [1.807, 2.05) is 0 Å². The molecule has 0 bridgehead atoms. The van der Waals surface area contributed by atoms with Gasteiger partial charge in [-0.3, -0.25) is 5.10 Å². The highest BCUT2D eigenvalue weighted by Gasteiger charge is 2.30. The average molecular weight is 428 g/mol. The van der Waals surface area contributed by atoms with Gasteiger partial charge >= 0.3 is 5.51 Å². The Morgan fingerprint density at radius 2 is 1.71 bits per heavy atom. The van der Waals surface area contributed by atoms with Crippen molar-refractivity contribution in [2.24, 2.45) is 0 Å². The first kappa shape index (κ1) is 20.4. The number of sulfonamides is 1. The van der Waals surface area contributed by atoms with Crippen LogP contribution in [0.2, 0.25) is 0 Å². The van der Waals surface area contributed by atoms with Crippen LogP contribution in [0.3, 0.4) is 0 Å². The summed E-state index contributed by atoms with van der Waals surface area (Å²) in [6.45, 7) is 1.68. The van der Waals surface area contributed by atoms with Crippen LogP contribution in [-0.4, -0.2) is 29.1 Å². The first-order chi connectivity index (χ1) is 13.1. The van der Waals surface area contributed by atoms with Gasteiger partial charge in [-0.05, 0) is 48.5 Å². The van der Waals surface area contributed by atoms with E-state index < -0.39 is 21.6 Å². The Labute approximate surface area is 163 Å². The highest BCUT2D eigenvalue weighted by molar-refractivity contribution is 8.00. The minimum atomic E-state index is -4.44. The molecule has 0 saturated heterocycles. The molecule has 0 spiro atoms. The third kappa shape index (κ3) is 5.12. The van der Waals surface area contributed by atoms with Crippen molar-refractivity contribution in [3.63, 3.8) is 0 Å². The molecule has 1 heterocycles. The van der Waals surface area contributed by atoms with Crippen molar-refractivity contribution in [1.82, 2.24) is 19.9 Å². The molecule has 28 heavy (non-hydrogen) atoms. The summed E-state index contributed by atoms with van der Waals surface area (Å²) in [7, 11) is -4.04. The highest BCUT2D eigenvalue weighted by atomic mass is 32.2. The Hall–Kier alpha value is -2.37. The van der Waals surface area contributed by atoms with Gasteiger partial charge in [0.2, 0.25) is 10.0 Å². The number of aromatic nitrogens is 3. The van der Waals surface area contributed by atoms with Crippen molar-refractivity contribution in [3.8, 4) is 0 Å². The third-order valence-corrected chi connectivity index (χ3v) is 5.82. The van der Waals surface area contributed by atoms with Gasteiger partial charge < -0.3 is 0 Å². The molecule has 1 unspecified atom stereocenters. The van der Waals surface area contributed by atoms with Gasteiger partial charge in [-0.15, -0.1) is 0 Å². The SMILES string of the molecule is Cc1nc(C(NS(=O)(=O)c2ccc(SC(F)(F)F)cc2)c2ccccc2)n[nH]1. The summed E-state index contributed by atoms with van der Waals surface area (Å²) < 4.78 is 65.4. The van der Waals surface area contributed by atoms with Gasteiger partial charge in [0.15, 0.2) is 5.82 Å². The Bertz CT molecular complexity index is 1040. The van der Waals surface area contributed by atoms with Gasteiger partial charge in [0.1, 0.15) is 11.9 Å². The number of rotatable bonds is 6. The van der Waals surface area contributed by atoms with E-state index in [9.17, 15) is 21.6 Å². The minimum Gasteiger partial charge on any atom is -0.263 e. The van der Waals surface area contributed by atoms with Crippen LogP contribution in [0, 0.1) is 6.92 Å². The van der Waals surface area contributed by atoms with E-state index in [2.05, 4.69) is 19.9 Å². The quantitative estimate of drug-likeness (QED) is 0.584. The van der Waals surface area contributed by atoms with Crippen LogP contribution in [0.25, 0.3) is 0 Å². The Morgan fingerprint density at radius 1 is 1.07 bits per heavy atom. The fourth-order valence-electron chi connectivity index (χ4n) is 2.45. The molecule has 11 heteroatoms. The maximum absolute atomic E-state index is 12.8. The van der Waals surface area contributed by atoms with Crippen molar-refractivity contribution < 1.29 is 21.6 Å². The Kier molecular flexibility index (Phi) is 5.77. The number of nitrogens with one attached hydrogen (secondary N) is 2. The summed E-state index contributed by atoms with van der Waals surface area (Å²) in [6.07, 6.45) is 0. The van der Waals surface area contributed by atoms with Gasteiger partial charge in [-0.2, -0.15) is 23.0 Å². The molecule has 0 fully saturated rings. The van der Waals surface area contributed by atoms with Crippen molar-refractivity contribution in [2.75, 3.05) is 0 Å². The monoisotopic (exact) mass is 428 g/mol. The number of aromatic amines is 1. The molecule has 1 atom stereocenters. The van der Waals surface area contributed by atoms with Crippen molar-refractivity contribution in [1.29, 1.82) is 0 Å². The van der Waals surface area contributed by atoms with Gasteiger partial charge in [0.05, 0.1) is 4.90 Å². The second-order valence-corrected chi connectivity index (χ2v) is 8.62. The lowest BCUT2D eigenvalue weighted by Gasteiger charge is -2.17. The topological polar surface area (TPSA) is 87.7 Å². The normalized spacial score (nSPS) is 13.4. The molecule has 0 aliphatic rings. The standard InChI is InChI=1S/C17H15F3N4O2S2/c1-11-21-16(23-22-11)15(12-5-3-2-4-6-12)24-28(25,26)14-9-7-13(8-10-14)27-17(18,19)20/h2-10,15,24H,1H3,(H,21,22,23). The smallest absolute Gasteiger partial charge is 0.263 e.